The first-order valence-electron chi connectivity index (χ1n) is 7.84. The van der Waals surface area contributed by atoms with E-state index in [1.54, 1.807) is 36.4 Å². The second-order valence-corrected chi connectivity index (χ2v) is 7.14. The Kier molecular flexibility index (Phi) is 4.59. The van der Waals surface area contributed by atoms with Crippen LogP contribution in [0.4, 0.5) is 6.01 Å². The van der Waals surface area contributed by atoms with Gasteiger partial charge in [0.15, 0.2) is 0 Å². The SMILES string of the molecule is CC(C)(C)c1ccc(C(=O)Nc2nnc(-c3cccc(Cl)c3)o2)cc1. The van der Waals surface area contributed by atoms with Crippen LogP contribution in [-0.2, 0) is 5.41 Å². The van der Waals surface area contributed by atoms with E-state index in [1.165, 1.54) is 0 Å². The molecule has 0 bridgehead atoms. The molecule has 1 heterocycles. The summed E-state index contributed by atoms with van der Waals surface area (Å²) in [5, 5.41) is 11.0. The van der Waals surface area contributed by atoms with E-state index in [1.807, 2.05) is 12.1 Å². The Morgan fingerprint density at radius 2 is 1.80 bits per heavy atom. The molecule has 0 atom stereocenters. The minimum Gasteiger partial charge on any atom is -0.403 e. The first kappa shape index (κ1) is 17.2. The van der Waals surface area contributed by atoms with Crippen LogP contribution in [-0.4, -0.2) is 16.1 Å². The zero-order chi connectivity index (χ0) is 18.0. The van der Waals surface area contributed by atoms with Crippen molar-refractivity contribution in [3.05, 3.63) is 64.7 Å². The van der Waals surface area contributed by atoms with Gasteiger partial charge in [0, 0.05) is 16.1 Å². The van der Waals surface area contributed by atoms with Gasteiger partial charge in [-0.15, -0.1) is 5.10 Å². The van der Waals surface area contributed by atoms with Gasteiger partial charge in [0.2, 0.25) is 5.89 Å². The molecule has 1 amide bonds. The Balaban J connectivity index is 1.73. The van der Waals surface area contributed by atoms with E-state index in [2.05, 4.69) is 36.3 Å². The van der Waals surface area contributed by atoms with Crippen molar-refractivity contribution in [3.8, 4) is 11.5 Å². The lowest BCUT2D eigenvalue weighted by atomic mass is 9.87. The monoisotopic (exact) mass is 355 g/mol. The van der Waals surface area contributed by atoms with Crippen LogP contribution >= 0.6 is 11.6 Å². The summed E-state index contributed by atoms with van der Waals surface area (Å²) in [6.07, 6.45) is 0. The third-order valence-electron chi connectivity index (χ3n) is 3.73. The zero-order valence-electron chi connectivity index (χ0n) is 14.2. The number of amides is 1. The molecule has 0 aliphatic carbocycles. The molecule has 0 radical (unpaired) electrons. The first-order chi connectivity index (χ1) is 11.8. The van der Waals surface area contributed by atoms with Crippen LogP contribution in [0.25, 0.3) is 11.5 Å². The van der Waals surface area contributed by atoms with Gasteiger partial charge < -0.3 is 4.42 Å². The summed E-state index contributed by atoms with van der Waals surface area (Å²) in [6.45, 7) is 6.37. The lowest BCUT2D eigenvalue weighted by molar-refractivity contribution is 0.102. The van der Waals surface area contributed by atoms with E-state index >= 15 is 0 Å². The Labute approximate surface area is 151 Å². The zero-order valence-corrected chi connectivity index (χ0v) is 15.0. The molecule has 3 aromatic rings. The number of aromatic nitrogens is 2. The average Bonchev–Trinajstić information content (AvgIpc) is 3.03. The van der Waals surface area contributed by atoms with Gasteiger partial charge in [0.25, 0.3) is 5.91 Å². The molecular formula is C19H18ClN3O2. The molecule has 0 fully saturated rings. The number of rotatable bonds is 3. The predicted octanol–water partition coefficient (Wildman–Crippen LogP) is 4.94. The van der Waals surface area contributed by atoms with Crippen LogP contribution in [0.1, 0.15) is 36.7 Å². The van der Waals surface area contributed by atoms with Crippen LogP contribution in [0.2, 0.25) is 5.02 Å². The molecule has 1 aromatic heterocycles. The van der Waals surface area contributed by atoms with Crippen molar-refractivity contribution in [1.82, 2.24) is 10.2 Å². The number of anilines is 1. The van der Waals surface area contributed by atoms with Gasteiger partial charge in [0.05, 0.1) is 0 Å². The van der Waals surface area contributed by atoms with Crippen molar-refractivity contribution in [2.75, 3.05) is 5.32 Å². The van der Waals surface area contributed by atoms with Crippen LogP contribution in [0.3, 0.4) is 0 Å². The maximum Gasteiger partial charge on any atom is 0.322 e. The topological polar surface area (TPSA) is 68.0 Å². The largest absolute Gasteiger partial charge is 0.403 e. The summed E-state index contributed by atoms with van der Waals surface area (Å²) in [5.74, 6) is -0.0115. The number of benzene rings is 2. The van der Waals surface area contributed by atoms with Crippen molar-refractivity contribution in [1.29, 1.82) is 0 Å². The molecule has 2 aromatic carbocycles. The van der Waals surface area contributed by atoms with Crippen molar-refractivity contribution in [2.45, 2.75) is 26.2 Å². The Morgan fingerprint density at radius 3 is 2.44 bits per heavy atom. The summed E-state index contributed by atoms with van der Waals surface area (Å²) >= 11 is 5.95. The molecule has 6 heteroatoms. The molecule has 0 unspecified atom stereocenters. The number of hydrogen-bond donors (Lipinski definition) is 1. The number of hydrogen-bond acceptors (Lipinski definition) is 4. The van der Waals surface area contributed by atoms with Gasteiger partial charge in [-0.1, -0.05) is 55.7 Å². The fourth-order valence-electron chi connectivity index (χ4n) is 2.30. The van der Waals surface area contributed by atoms with E-state index in [4.69, 9.17) is 16.0 Å². The van der Waals surface area contributed by atoms with E-state index in [0.29, 0.717) is 22.0 Å². The van der Waals surface area contributed by atoms with Crippen molar-refractivity contribution >= 4 is 23.5 Å². The highest BCUT2D eigenvalue weighted by Crippen LogP contribution is 2.24. The molecule has 1 N–H and O–H groups in total. The highest BCUT2D eigenvalue weighted by atomic mass is 35.5. The number of carbonyl (C=O) groups is 1. The van der Waals surface area contributed by atoms with Gasteiger partial charge in [-0.3, -0.25) is 10.1 Å². The molecule has 3 rings (SSSR count). The fraction of sp³-hybridized carbons (Fsp3) is 0.211. The lowest BCUT2D eigenvalue weighted by Gasteiger charge is -2.18. The number of nitrogens with one attached hydrogen (secondary N) is 1. The fourth-order valence-corrected chi connectivity index (χ4v) is 2.49. The van der Waals surface area contributed by atoms with Crippen LogP contribution in [0.5, 0.6) is 0 Å². The number of carbonyl (C=O) groups excluding carboxylic acids is 1. The summed E-state index contributed by atoms with van der Waals surface area (Å²) < 4.78 is 5.48. The molecular weight excluding hydrogens is 338 g/mol. The maximum absolute atomic E-state index is 12.3. The van der Waals surface area contributed by atoms with Crippen LogP contribution in [0, 0.1) is 0 Å². The predicted molar refractivity (Wildman–Crippen MR) is 97.8 cm³/mol. The van der Waals surface area contributed by atoms with E-state index in [0.717, 1.165) is 5.56 Å². The second kappa shape index (κ2) is 6.69. The third-order valence-corrected chi connectivity index (χ3v) is 3.97. The van der Waals surface area contributed by atoms with E-state index < -0.39 is 0 Å². The normalized spacial score (nSPS) is 11.4. The standard InChI is InChI=1S/C19H18ClN3O2/c1-19(2,3)14-9-7-12(8-10-14)16(24)21-18-23-22-17(25-18)13-5-4-6-15(20)11-13/h4-11H,1-3H3,(H,21,23,24). The average molecular weight is 356 g/mol. The van der Waals surface area contributed by atoms with Crippen molar-refractivity contribution in [2.24, 2.45) is 0 Å². The van der Waals surface area contributed by atoms with Gasteiger partial charge in [-0.05, 0) is 41.3 Å². The highest BCUT2D eigenvalue weighted by molar-refractivity contribution is 6.30. The van der Waals surface area contributed by atoms with Gasteiger partial charge >= 0.3 is 6.01 Å². The number of nitrogens with zero attached hydrogens (tertiary/aromatic N) is 2. The molecule has 5 nitrogen and oxygen atoms in total. The molecule has 0 aliphatic rings. The molecule has 0 saturated heterocycles. The molecule has 25 heavy (non-hydrogen) atoms. The van der Waals surface area contributed by atoms with E-state index in [-0.39, 0.29) is 17.3 Å². The smallest absolute Gasteiger partial charge is 0.322 e. The Hall–Kier alpha value is -2.66. The summed E-state index contributed by atoms with van der Waals surface area (Å²) in [4.78, 5) is 12.3. The lowest BCUT2D eigenvalue weighted by Crippen LogP contribution is -2.14. The maximum atomic E-state index is 12.3. The first-order valence-corrected chi connectivity index (χ1v) is 8.22. The van der Waals surface area contributed by atoms with Crippen molar-refractivity contribution in [3.63, 3.8) is 0 Å². The quantitative estimate of drug-likeness (QED) is 0.722. The van der Waals surface area contributed by atoms with Crippen molar-refractivity contribution < 1.29 is 9.21 Å². The Bertz CT molecular complexity index is 896. The summed E-state index contributed by atoms with van der Waals surface area (Å²) in [5.41, 5.74) is 2.41. The minimum absolute atomic E-state index is 0.0351. The Morgan fingerprint density at radius 1 is 1.08 bits per heavy atom. The number of halogens is 1. The van der Waals surface area contributed by atoms with Gasteiger partial charge in [-0.2, -0.15) is 0 Å². The molecule has 0 aliphatic heterocycles. The summed E-state index contributed by atoms with van der Waals surface area (Å²) in [6, 6.07) is 14.6. The van der Waals surface area contributed by atoms with Crippen LogP contribution < -0.4 is 5.32 Å². The summed E-state index contributed by atoms with van der Waals surface area (Å²) in [7, 11) is 0. The molecule has 128 valence electrons. The molecule has 0 saturated carbocycles. The van der Waals surface area contributed by atoms with Gasteiger partial charge in [-0.25, -0.2) is 0 Å². The second-order valence-electron chi connectivity index (χ2n) is 6.70. The highest BCUT2D eigenvalue weighted by Gasteiger charge is 2.16. The molecule has 0 spiro atoms. The van der Waals surface area contributed by atoms with Crippen LogP contribution in [0.15, 0.2) is 52.9 Å². The minimum atomic E-state index is -0.304. The van der Waals surface area contributed by atoms with Gasteiger partial charge in [0.1, 0.15) is 0 Å². The third kappa shape index (κ3) is 4.06. The van der Waals surface area contributed by atoms with E-state index in [9.17, 15) is 4.79 Å².